The quantitative estimate of drug-likeness (QED) is 0.340. The van der Waals surface area contributed by atoms with Gasteiger partial charge in [-0.2, -0.15) is 0 Å². The Kier molecular flexibility index (Phi) is 5.32. The Morgan fingerprint density at radius 2 is 1.68 bits per heavy atom. The lowest BCUT2D eigenvalue weighted by molar-refractivity contribution is 0.475. The smallest absolute Gasteiger partial charge is 0.266 e. The van der Waals surface area contributed by atoms with Crippen LogP contribution in [0.4, 0.5) is 0 Å². The second-order valence-electron chi connectivity index (χ2n) is 6.17. The van der Waals surface area contributed by atoms with E-state index in [0.717, 1.165) is 19.3 Å². The van der Waals surface area contributed by atoms with Gasteiger partial charge in [-0.3, -0.25) is 9.36 Å². The Balaban J connectivity index is 1.93. The van der Waals surface area contributed by atoms with E-state index < -0.39 is 0 Å². The van der Waals surface area contributed by atoms with Crippen molar-refractivity contribution in [3.63, 3.8) is 0 Å². The number of hydrogen-bond donors (Lipinski definition) is 1. The van der Waals surface area contributed by atoms with Crippen molar-refractivity contribution >= 4 is 61.6 Å². The first-order chi connectivity index (χ1) is 13.5. The number of phenols is 1. The van der Waals surface area contributed by atoms with Crippen LogP contribution in [0, 0.1) is 3.57 Å². The van der Waals surface area contributed by atoms with Gasteiger partial charge in [0, 0.05) is 8.04 Å². The molecule has 0 aliphatic heterocycles. The normalized spacial score (nSPS) is 11.4. The van der Waals surface area contributed by atoms with E-state index in [1.807, 2.05) is 54.6 Å². The molecule has 0 fully saturated rings. The molecule has 0 radical (unpaired) electrons. The van der Waals surface area contributed by atoms with Crippen molar-refractivity contribution in [1.82, 2.24) is 9.55 Å². The van der Waals surface area contributed by atoms with Gasteiger partial charge in [-0.1, -0.05) is 34.1 Å². The van der Waals surface area contributed by atoms with Crippen LogP contribution in [-0.4, -0.2) is 14.7 Å². The second kappa shape index (κ2) is 7.89. The zero-order valence-corrected chi connectivity index (χ0v) is 18.3. The summed E-state index contributed by atoms with van der Waals surface area (Å²) in [4.78, 5) is 18.0. The lowest BCUT2D eigenvalue weighted by Gasteiger charge is -2.12. The Labute approximate surface area is 183 Å². The molecule has 28 heavy (non-hydrogen) atoms. The van der Waals surface area contributed by atoms with Crippen LogP contribution in [0.1, 0.15) is 11.4 Å². The molecular weight excluding hydrogens is 531 g/mol. The summed E-state index contributed by atoms with van der Waals surface area (Å²) >= 11 is 5.63. The van der Waals surface area contributed by atoms with Crippen molar-refractivity contribution in [2.24, 2.45) is 0 Å². The van der Waals surface area contributed by atoms with Crippen molar-refractivity contribution in [2.75, 3.05) is 0 Å². The first kappa shape index (κ1) is 18.9. The van der Waals surface area contributed by atoms with Crippen LogP contribution in [0.15, 0.2) is 76.0 Å². The fraction of sp³-hybridized carbons (Fsp3) is 0. The predicted molar refractivity (Wildman–Crippen MR) is 125 cm³/mol. The molecule has 0 unspecified atom stereocenters. The summed E-state index contributed by atoms with van der Waals surface area (Å²) in [6.45, 7) is 0. The molecule has 0 atom stereocenters. The summed E-state index contributed by atoms with van der Waals surface area (Å²) < 4.78 is 3.54. The van der Waals surface area contributed by atoms with Crippen LogP contribution in [0.2, 0.25) is 0 Å². The van der Waals surface area contributed by atoms with E-state index in [1.54, 1.807) is 28.8 Å². The minimum Gasteiger partial charge on any atom is -0.508 e. The van der Waals surface area contributed by atoms with Gasteiger partial charge in [-0.25, -0.2) is 4.98 Å². The minimum absolute atomic E-state index is 0.115. The average molecular weight is 545 g/mol. The Bertz CT molecular complexity index is 1250. The molecular formula is C22H14BrIN2O2. The Morgan fingerprint density at radius 1 is 0.964 bits per heavy atom. The first-order valence-electron chi connectivity index (χ1n) is 8.47. The second-order valence-corrected chi connectivity index (χ2v) is 8.33. The zero-order valence-electron chi connectivity index (χ0n) is 14.5. The summed E-state index contributed by atoms with van der Waals surface area (Å²) in [6.07, 6.45) is 3.68. The van der Waals surface area contributed by atoms with Gasteiger partial charge in [0.15, 0.2) is 0 Å². The fourth-order valence-corrected chi connectivity index (χ4v) is 3.64. The summed E-state index contributed by atoms with van der Waals surface area (Å²) in [5.74, 6) is 0.747. The number of fused-ring (bicyclic) bond motifs is 1. The third-order valence-corrected chi connectivity index (χ3v) is 5.46. The van der Waals surface area contributed by atoms with E-state index in [9.17, 15) is 9.90 Å². The van der Waals surface area contributed by atoms with Gasteiger partial charge in [-0.15, -0.1) is 0 Å². The predicted octanol–water partition coefficient (Wildman–Crippen LogP) is 5.63. The van der Waals surface area contributed by atoms with Crippen LogP contribution in [-0.2, 0) is 0 Å². The van der Waals surface area contributed by atoms with Crippen LogP contribution in [0.3, 0.4) is 0 Å². The molecule has 4 aromatic rings. The lowest BCUT2D eigenvalue weighted by atomic mass is 10.2. The van der Waals surface area contributed by atoms with Crippen LogP contribution < -0.4 is 5.56 Å². The van der Waals surface area contributed by atoms with Gasteiger partial charge in [0.05, 0.1) is 16.6 Å². The molecule has 4 nitrogen and oxygen atoms in total. The zero-order chi connectivity index (χ0) is 19.7. The Hall–Kier alpha value is -2.45. The number of rotatable bonds is 3. The van der Waals surface area contributed by atoms with E-state index in [2.05, 4.69) is 38.5 Å². The molecule has 0 aliphatic rings. The molecule has 0 bridgehead atoms. The molecule has 1 aromatic heterocycles. The molecule has 1 N–H and O–H groups in total. The van der Waals surface area contributed by atoms with Crippen molar-refractivity contribution in [1.29, 1.82) is 0 Å². The van der Waals surface area contributed by atoms with Crippen molar-refractivity contribution in [3.05, 3.63) is 96.5 Å². The highest BCUT2D eigenvalue weighted by atomic mass is 127. The number of aromatic nitrogens is 2. The van der Waals surface area contributed by atoms with Crippen molar-refractivity contribution in [3.8, 4) is 11.4 Å². The highest BCUT2D eigenvalue weighted by Crippen LogP contribution is 2.19. The molecule has 1 heterocycles. The fourth-order valence-electron chi connectivity index (χ4n) is 2.88. The number of hydrogen-bond acceptors (Lipinski definition) is 3. The SMILES string of the molecule is O=c1c2cc(I)ccc2nc(/C=C/c2ccc(O)cc2)n1-c1ccc(Br)cc1. The van der Waals surface area contributed by atoms with Crippen LogP contribution in [0.5, 0.6) is 5.75 Å². The van der Waals surface area contributed by atoms with E-state index in [1.165, 1.54) is 0 Å². The average Bonchev–Trinajstić information content (AvgIpc) is 2.69. The lowest BCUT2D eigenvalue weighted by Crippen LogP contribution is -2.22. The number of nitrogens with zero attached hydrogens (tertiary/aromatic N) is 2. The number of aromatic hydroxyl groups is 1. The molecule has 6 heteroatoms. The molecule has 0 aliphatic carbocycles. The summed E-state index contributed by atoms with van der Waals surface area (Å²) in [7, 11) is 0. The van der Waals surface area contributed by atoms with Crippen molar-refractivity contribution in [2.45, 2.75) is 0 Å². The third-order valence-electron chi connectivity index (χ3n) is 4.26. The standard InChI is InChI=1S/C22H14BrIN2O2/c23-15-4-7-17(8-5-15)26-21(12-3-14-1-9-18(27)10-2-14)25-20-11-6-16(24)13-19(20)22(26)28/h1-13,27H/b12-3+. The first-order valence-corrected chi connectivity index (χ1v) is 10.3. The topological polar surface area (TPSA) is 55.1 Å². The Morgan fingerprint density at radius 3 is 2.39 bits per heavy atom. The molecule has 4 rings (SSSR count). The molecule has 0 saturated carbocycles. The van der Waals surface area contributed by atoms with E-state index in [-0.39, 0.29) is 11.3 Å². The van der Waals surface area contributed by atoms with Crippen molar-refractivity contribution < 1.29 is 5.11 Å². The number of halogens is 2. The number of phenolic OH excluding ortho intramolecular Hbond substituents is 1. The van der Waals surface area contributed by atoms with Gasteiger partial charge in [0.2, 0.25) is 0 Å². The molecule has 138 valence electrons. The highest BCUT2D eigenvalue weighted by molar-refractivity contribution is 14.1. The molecule has 0 spiro atoms. The van der Waals surface area contributed by atoms with Gasteiger partial charge in [0.25, 0.3) is 5.56 Å². The van der Waals surface area contributed by atoms with Gasteiger partial charge in [0.1, 0.15) is 11.6 Å². The number of benzene rings is 3. The van der Waals surface area contributed by atoms with Gasteiger partial charge in [-0.05, 0) is 88.8 Å². The van der Waals surface area contributed by atoms with Gasteiger partial charge < -0.3 is 5.11 Å². The van der Waals surface area contributed by atoms with E-state index >= 15 is 0 Å². The van der Waals surface area contributed by atoms with Gasteiger partial charge >= 0.3 is 0 Å². The maximum Gasteiger partial charge on any atom is 0.266 e. The largest absolute Gasteiger partial charge is 0.508 e. The van der Waals surface area contributed by atoms with Crippen LogP contribution >= 0.6 is 38.5 Å². The maximum atomic E-state index is 13.3. The molecule has 0 amide bonds. The molecule has 0 saturated heterocycles. The summed E-state index contributed by atoms with van der Waals surface area (Å²) in [5, 5.41) is 10.0. The summed E-state index contributed by atoms with van der Waals surface area (Å²) in [5.41, 5.74) is 2.18. The van der Waals surface area contributed by atoms with Crippen LogP contribution in [0.25, 0.3) is 28.7 Å². The summed E-state index contributed by atoms with van der Waals surface area (Å²) in [6, 6.07) is 20.1. The third kappa shape index (κ3) is 3.88. The monoisotopic (exact) mass is 544 g/mol. The maximum absolute atomic E-state index is 13.3. The molecule has 3 aromatic carbocycles. The minimum atomic E-state index is -0.115. The highest BCUT2D eigenvalue weighted by Gasteiger charge is 2.11. The van der Waals surface area contributed by atoms with E-state index in [4.69, 9.17) is 4.98 Å². The van der Waals surface area contributed by atoms with E-state index in [0.29, 0.717) is 16.7 Å².